The summed E-state index contributed by atoms with van der Waals surface area (Å²) in [6, 6.07) is 15.7. The van der Waals surface area contributed by atoms with Crippen LogP contribution in [-0.4, -0.2) is 47.7 Å². The third-order valence-corrected chi connectivity index (χ3v) is 6.62. The van der Waals surface area contributed by atoms with Crippen LogP contribution < -0.4 is 10.1 Å². The van der Waals surface area contributed by atoms with Crippen molar-refractivity contribution in [1.82, 2.24) is 15.1 Å². The number of ether oxygens (including phenoxy) is 1. The van der Waals surface area contributed by atoms with E-state index in [1.165, 1.54) is 0 Å². The van der Waals surface area contributed by atoms with Gasteiger partial charge in [0.05, 0.1) is 19.2 Å². The van der Waals surface area contributed by atoms with Crippen molar-refractivity contribution in [2.75, 3.05) is 32.1 Å². The van der Waals surface area contributed by atoms with Gasteiger partial charge in [0.15, 0.2) is 5.01 Å². The van der Waals surface area contributed by atoms with Crippen molar-refractivity contribution in [1.29, 1.82) is 0 Å². The minimum Gasteiger partial charge on any atom is -0.496 e. The lowest BCUT2D eigenvalue weighted by Crippen LogP contribution is -2.38. The van der Waals surface area contributed by atoms with Crippen LogP contribution >= 0.6 is 11.3 Å². The maximum Gasteiger partial charge on any atom is 0.238 e. The Hall–Kier alpha value is -2.77. The molecule has 1 fully saturated rings. The van der Waals surface area contributed by atoms with E-state index in [9.17, 15) is 4.79 Å². The highest BCUT2D eigenvalue weighted by Gasteiger charge is 2.25. The predicted molar refractivity (Wildman–Crippen MR) is 120 cm³/mol. The van der Waals surface area contributed by atoms with Gasteiger partial charge in [0.2, 0.25) is 5.91 Å². The highest BCUT2D eigenvalue weighted by Crippen LogP contribution is 2.36. The number of hydrogen-bond donors (Lipinski definition) is 1. The summed E-state index contributed by atoms with van der Waals surface area (Å²) in [5, 5.41) is 13.8. The lowest BCUT2D eigenvalue weighted by molar-refractivity contribution is -0.117. The molecule has 2 aromatic carbocycles. The van der Waals surface area contributed by atoms with Gasteiger partial charge in [-0.2, -0.15) is 0 Å². The Morgan fingerprint density at radius 2 is 1.87 bits per heavy atom. The molecule has 0 atom stereocenters. The van der Waals surface area contributed by atoms with Gasteiger partial charge >= 0.3 is 0 Å². The van der Waals surface area contributed by atoms with E-state index in [0.29, 0.717) is 12.5 Å². The number of benzene rings is 2. The molecule has 0 saturated carbocycles. The topological polar surface area (TPSA) is 67.4 Å². The molecule has 3 aromatic rings. The largest absolute Gasteiger partial charge is 0.496 e. The van der Waals surface area contributed by atoms with E-state index < -0.39 is 0 Å². The molecular formula is C23H26N4O2S. The Balaban J connectivity index is 1.32. The summed E-state index contributed by atoms with van der Waals surface area (Å²) in [7, 11) is 1.67. The number of methoxy groups -OCH3 is 1. The number of nitrogens with one attached hydrogen (secondary N) is 1. The molecule has 30 heavy (non-hydrogen) atoms. The van der Waals surface area contributed by atoms with Crippen LogP contribution in [0.3, 0.4) is 0 Å². The van der Waals surface area contributed by atoms with Gasteiger partial charge in [-0.1, -0.05) is 41.7 Å². The minimum atomic E-state index is 0.0390. The summed E-state index contributed by atoms with van der Waals surface area (Å²) in [4.78, 5) is 14.6. The summed E-state index contributed by atoms with van der Waals surface area (Å²) >= 11 is 1.64. The number of piperidine rings is 1. The number of carbonyl (C=O) groups is 1. The Kier molecular flexibility index (Phi) is 6.40. The van der Waals surface area contributed by atoms with E-state index in [1.807, 2.05) is 55.5 Å². The quantitative estimate of drug-likeness (QED) is 0.640. The number of amides is 1. The second-order valence-corrected chi connectivity index (χ2v) is 8.57. The first-order chi connectivity index (χ1) is 14.6. The van der Waals surface area contributed by atoms with E-state index in [1.54, 1.807) is 18.4 Å². The summed E-state index contributed by atoms with van der Waals surface area (Å²) in [6.07, 6.45) is 1.97. The van der Waals surface area contributed by atoms with Crippen molar-refractivity contribution in [3.05, 3.63) is 59.1 Å². The molecule has 4 rings (SSSR count). The van der Waals surface area contributed by atoms with Crippen LogP contribution in [0.4, 0.5) is 5.69 Å². The van der Waals surface area contributed by atoms with Gasteiger partial charge in [0, 0.05) is 11.6 Å². The molecule has 156 valence electrons. The second kappa shape index (κ2) is 9.36. The van der Waals surface area contributed by atoms with Crippen LogP contribution in [0.2, 0.25) is 0 Å². The molecule has 1 aromatic heterocycles. The molecule has 1 aliphatic rings. The molecule has 0 aliphatic carbocycles. The zero-order valence-corrected chi connectivity index (χ0v) is 18.1. The molecule has 0 unspecified atom stereocenters. The smallest absolute Gasteiger partial charge is 0.238 e. The Morgan fingerprint density at radius 3 is 2.63 bits per heavy atom. The van der Waals surface area contributed by atoms with E-state index >= 15 is 0 Å². The maximum absolute atomic E-state index is 12.4. The Labute approximate surface area is 180 Å². The van der Waals surface area contributed by atoms with Gasteiger partial charge in [0.25, 0.3) is 0 Å². The van der Waals surface area contributed by atoms with Crippen molar-refractivity contribution < 1.29 is 9.53 Å². The highest BCUT2D eigenvalue weighted by molar-refractivity contribution is 7.14. The third kappa shape index (κ3) is 4.68. The summed E-state index contributed by atoms with van der Waals surface area (Å²) in [5.41, 5.74) is 2.94. The van der Waals surface area contributed by atoms with Gasteiger partial charge in [-0.15, -0.1) is 10.2 Å². The van der Waals surface area contributed by atoms with Crippen molar-refractivity contribution in [2.24, 2.45) is 0 Å². The molecule has 2 heterocycles. The molecule has 1 amide bonds. The molecule has 0 bridgehead atoms. The van der Waals surface area contributed by atoms with Gasteiger partial charge in [-0.3, -0.25) is 9.69 Å². The number of carbonyl (C=O) groups excluding carboxylic acids is 1. The number of anilines is 1. The van der Waals surface area contributed by atoms with E-state index in [-0.39, 0.29) is 5.91 Å². The zero-order chi connectivity index (χ0) is 20.9. The number of aryl methyl sites for hydroxylation is 1. The maximum atomic E-state index is 12.4. The van der Waals surface area contributed by atoms with Gasteiger partial charge in [-0.05, 0) is 56.6 Å². The summed E-state index contributed by atoms with van der Waals surface area (Å²) in [5.74, 6) is 1.24. The molecule has 7 heteroatoms. The first kappa shape index (κ1) is 20.5. The van der Waals surface area contributed by atoms with Crippen molar-refractivity contribution in [3.63, 3.8) is 0 Å². The lowest BCUT2D eigenvalue weighted by Gasteiger charge is -2.30. The van der Waals surface area contributed by atoms with Gasteiger partial charge in [0.1, 0.15) is 10.8 Å². The van der Waals surface area contributed by atoms with Crippen molar-refractivity contribution in [3.8, 4) is 16.3 Å². The standard InChI is InChI=1S/C23H26N4O2S/c1-16-7-3-5-9-19(16)24-21(28)15-27-13-11-17(12-14-27)22-25-26-23(30-22)18-8-4-6-10-20(18)29-2/h3-10,17H,11-15H2,1-2H3,(H,24,28). The number of aromatic nitrogens is 2. The van der Waals surface area contributed by atoms with E-state index in [0.717, 1.165) is 58.5 Å². The highest BCUT2D eigenvalue weighted by atomic mass is 32.1. The first-order valence-corrected chi connectivity index (χ1v) is 11.0. The molecular weight excluding hydrogens is 396 g/mol. The number of hydrogen-bond acceptors (Lipinski definition) is 6. The number of likely N-dealkylation sites (tertiary alicyclic amines) is 1. The molecule has 0 spiro atoms. The van der Waals surface area contributed by atoms with Crippen molar-refractivity contribution >= 4 is 22.9 Å². The number of rotatable bonds is 6. The van der Waals surface area contributed by atoms with Gasteiger partial charge < -0.3 is 10.1 Å². The molecule has 0 radical (unpaired) electrons. The molecule has 1 saturated heterocycles. The molecule has 1 N–H and O–H groups in total. The van der Waals surface area contributed by atoms with Crippen LogP contribution in [0.25, 0.3) is 10.6 Å². The fourth-order valence-electron chi connectivity index (χ4n) is 3.77. The van der Waals surface area contributed by atoms with Crippen LogP contribution in [-0.2, 0) is 4.79 Å². The average Bonchev–Trinajstić information content (AvgIpc) is 3.26. The van der Waals surface area contributed by atoms with E-state index in [4.69, 9.17) is 4.74 Å². The first-order valence-electron chi connectivity index (χ1n) is 10.2. The van der Waals surface area contributed by atoms with Crippen LogP contribution in [0.1, 0.15) is 29.3 Å². The summed E-state index contributed by atoms with van der Waals surface area (Å²) < 4.78 is 5.45. The van der Waals surface area contributed by atoms with Crippen LogP contribution in [0.15, 0.2) is 48.5 Å². The molecule has 6 nitrogen and oxygen atoms in total. The predicted octanol–water partition coefficient (Wildman–Crippen LogP) is 4.34. The lowest BCUT2D eigenvalue weighted by atomic mass is 9.98. The number of nitrogens with zero attached hydrogens (tertiary/aromatic N) is 3. The van der Waals surface area contributed by atoms with Crippen molar-refractivity contribution in [2.45, 2.75) is 25.7 Å². The third-order valence-electron chi connectivity index (χ3n) is 5.50. The van der Waals surface area contributed by atoms with Gasteiger partial charge in [-0.25, -0.2) is 0 Å². The number of para-hydroxylation sites is 2. The fourth-order valence-corrected chi connectivity index (χ4v) is 4.82. The average molecular weight is 423 g/mol. The minimum absolute atomic E-state index is 0.0390. The normalized spacial score (nSPS) is 15.1. The SMILES string of the molecule is COc1ccccc1-c1nnc(C2CCN(CC(=O)Nc3ccccc3C)CC2)s1. The second-order valence-electron chi connectivity index (χ2n) is 7.56. The zero-order valence-electron chi connectivity index (χ0n) is 17.3. The Morgan fingerprint density at radius 1 is 1.13 bits per heavy atom. The molecule has 1 aliphatic heterocycles. The van der Waals surface area contributed by atoms with Crippen LogP contribution in [0, 0.1) is 6.92 Å². The fraction of sp³-hybridized carbons (Fsp3) is 0.348. The van der Waals surface area contributed by atoms with Crippen LogP contribution in [0.5, 0.6) is 5.75 Å². The monoisotopic (exact) mass is 422 g/mol. The van der Waals surface area contributed by atoms with E-state index in [2.05, 4.69) is 20.4 Å². The Bertz CT molecular complexity index is 1010. The summed E-state index contributed by atoms with van der Waals surface area (Å²) in [6.45, 7) is 4.19.